The van der Waals surface area contributed by atoms with Gasteiger partial charge in [-0.3, -0.25) is 4.79 Å². The number of nitrogens with zero attached hydrogens (tertiary/aromatic N) is 2. The number of nitrogens with two attached hydrogens (primary N) is 1. The summed E-state index contributed by atoms with van der Waals surface area (Å²) in [5.74, 6) is 5.47. The van der Waals surface area contributed by atoms with Crippen molar-refractivity contribution < 1.29 is 9.32 Å². The zero-order chi connectivity index (χ0) is 12.3. The van der Waals surface area contributed by atoms with Gasteiger partial charge in [-0.2, -0.15) is 0 Å². The lowest BCUT2D eigenvalue weighted by atomic mass is 10.2. The van der Waals surface area contributed by atoms with Gasteiger partial charge in [0.15, 0.2) is 11.6 Å². The maximum atomic E-state index is 11.9. The van der Waals surface area contributed by atoms with Crippen molar-refractivity contribution >= 4 is 33.5 Å². The molecule has 0 unspecified atom stereocenters. The summed E-state index contributed by atoms with van der Waals surface area (Å²) < 4.78 is 5.27. The number of carbonyl (C=O) groups is 1. The summed E-state index contributed by atoms with van der Waals surface area (Å²) in [6.07, 6.45) is 2.89. The lowest BCUT2D eigenvalue weighted by molar-refractivity contribution is 0.102. The minimum atomic E-state index is -0.388. The van der Waals surface area contributed by atoms with Gasteiger partial charge in [0.25, 0.3) is 5.91 Å². The highest BCUT2D eigenvalue weighted by Crippen LogP contribution is 2.18. The smallest absolute Gasteiger partial charge is 0.260 e. The highest BCUT2D eigenvalue weighted by Gasteiger charge is 2.14. The van der Waals surface area contributed by atoms with Crippen molar-refractivity contribution in [2.75, 3.05) is 10.7 Å². The summed E-state index contributed by atoms with van der Waals surface area (Å²) in [7, 11) is 0. The number of halogens is 1. The number of hydrazine groups is 1. The van der Waals surface area contributed by atoms with Gasteiger partial charge in [0.1, 0.15) is 6.26 Å². The zero-order valence-corrected chi connectivity index (χ0v) is 10.1. The molecule has 0 fully saturated rings. The van der Waals surface area contributed by atoms with Crippen LogP contribution in [0.4, 0.5) is 11.6 Å². The standard InChI is InChI=1S/C9H8BrN5O2/c10-5-3-6(8(14-11)12-4-5)9(16)13-7-1-2-17-15-7/h1-4H,11H2,(H,12,14)(H,13,15,16). The number of hydrogen-bond donors (Lipinski definition) is 3. The van der Waals surface area contributed by atoms with Gasteiger partial charge in [0, 0.05) is 16.7 Å². The number of hydrogen-bond acceptors (Lipinski definition) is 6. The van der Waals surface area contributed by atoms with Crippen molar-refractivity contribution in [2.24, 2.45) is 5.84 Å². The van der Waals surface area contributed by atoms with E-state index < -0.39 is 0 Å². The number of nitrogen functional groups attached to an aromatic ring is 1. The van der Waals surface area contributed by atoms with Gasteiger partial charge in [-0.05, 0) is 22.0 Å². The summed E-state index contributed by atoms with van der Waals surface area (Å²) in [6.45, 7) is 0. The number of nitrogens with one attached hydrogen (secondary N) is 2. The Bertz CT molecular complexity index is 528. The van der Waals surface area contributed by atoms with Gasteiger partial charge < -0.3 is 15.3 Å². The summed E-state index contributed by atoms with van der Waals surface area (Å²) in [6, 6.07) is 3.12. The second-order valence-electron chi connectivity index (χ2n) is 3.03. The van der Waals surface area contributed by atoms with Gasteiger partial charge in [-0.15, -0.1) is 0 Å². The molecule has 0 saturated heterocycles. The van der Waals surface area contributed by atoms with E-state index in [0.29, 0.717) is 15.9 Å². The first-order valence-electron chi connectivity index (χ1n) is 4.54. The Labute approximate surface area is 104 Å². The Balaban J connectivity index is 2.26. The zero-order valence-electron chi connectivity index (χ0n) is 8.48. The Morgan fingerprint density at radius 2 is 2.35 bits per heavy atom. The molecule has 7 nitrogen and oxygen atoms in total. The van der Waals surface area contributed by atoms with Crippen LogP contribution < -0.4 is 16.6 Å². The molecule has 2 rings (SSSR count). The third-order valence-electron chi connectivity index (χ3n) is 1.92. The normalized spacial score (nSPS) is 10.0. The third kappa shape index (κ3) is 2.60. The summed E-state index contributed by atoms with van der Waals surface area (Å²) >= 11 is 3.23. The van der Waals surface area contributed by atoms with E-state index in [9.17, 15) is 4.79 Å². The average molecular weight is 298 g/mol. The van der Waals surface area contributed by atoms with Crippen molar-refractivity contribution in [3.05, 3.63) is 34.6 Å². The SMILES string of the molecule is NNc1ncc(Br)cc1C(=O)Nc1ccon1. The lowest BCUT2D eigenvalue weighted by Gasteiger charge is -2.07. The van der Waals surface area contributed by atoms with E-state index in [1.165, 1.54) is 18.5 Å². The van der Waals surface area contributed by atoms with Crippen LogP contribution in [0.5, 0.6) is 0 Å². The first kappa shape index (κ1) is 11.6. The Morgan fingerprint density at radius 1 is 1.53 bits per heavy atom. The highest BCUT2D eigenvalue weighted by atomic mass is 79.9. The van der Waals surface area contributed by atoms with Crippen LogP contribution in [0.2, 0.25) is 0 Å². The van der Waals surface area contributed by atoms with E-state index in [1.54, 1.807) is 6.07 Å². The van der Waals surface area contributed by atoms with Crippen LogP contribution in [0.25, 0.3) is 0 Å². The molecule has 0 atom stereocenters. The molecule has 1 amide bonds. The molecule has 0 bridgehead atoms. The fourth-order valence-electron chi connectivity index (χ4n) is 1.19. The van der Waals surface area contributed by atoms with Crippen LogP contribution in [0.3, 0.4) is 0 Å². The number of amides is 1. The van der Waals surface area contributed by atoms with E-state index in [-0.39, 0.29) is 11.7 Å². The van der Waals surface area contributed by atoms with Crippen LogP contribution >= 0.6 is 15.9 Å². The van der Waals surface area contributed by atoms with E-state index in [1.807, 2.05) is 0 Å². The maximum absolute atomic E-state index is 11.9. The highest BCUT2D eigenvalue weighted by molar-refractivity contribution is 9.10. The summed E-state index contributed by atoms with van der Waals surface area (Å²) in [5, 5.41) is 6.11. The van der Waals surface area contributed by atoms with Crippen molar-refractivity contribution in [2.45, 2.75) is 0 Å². The topological polar surface area (TPSA) is 106 Å². The van der Waals surface area contributed by atoms with Crippen LogP contribution in [0.1, 0.15) is 10.4 Å². The molecule has 0 saturated carbocycles. The molecule has 2 heterocycles. The Morgan fingerprint density at radius 3 is 3.00 bits per heavy atom. The fraction of sp³-hybridized carbons (Fsp3) is 0. The Hall–Kier alpha value is -1.93. The van der Waals surface area contributed by atoms with Crippen LogP contribution in [-0.4, -0.2) is 16.0 Å². The van der Waals surface area contributed by atoms with E-state index in [2.05, 4.69) is 41.3 Å². The first-order valence-corrected chi connectivity index (χ1v) is 5.34. The van der Waals surface area contributed by atoms with E-state index >= 15 is 0 Å². The predicted octanol–water partition coefficient (Wildman–Crippen LogP) is 1.37. The van der Waals surface area contributed by atoms with Gasteiger partial charge in [0.05, 0.1) is 5.56 Å². The minimum absolute atomic E-state index is 0.272. The Kier molecular flexibility index (Phi) is 3.35. The van der Waals surface area contributed by atoms with Crippen molar-refractivity contribution in [1.29, 1.82) is 0 Å². The average Bonchev–Trinajstić information content (AvgIpc) is 2.81. The molecule has 2 aromatic heterocycles. The molecule has 0 aromatic carbocycles. The quantitative estimate of drug-likeness (QED) is 0.583. The molecular weight excluding hydrogens is 290 g/mol. The molecule has 0 aliphatic carbocycles. The molecule has 0 aliphatic heterocycles. The van der Waals surface area contributed by atoms with Crippen LogP contribution in [0, 0.1) is 0 Å². The third-order valence-corrected chi connectivity index (χ3v) is 2.35. The van der Waals surface area contributed by atoms with Gasteiger partial charge in [-0.25, -0.2) is 10.8 Å². The molecule has 88 valence electrons. The number of rotatable bonds is 3. The molecular formula is C9H8BrN5O2. The maximum Gasteiger partial charge on any atom is 0.260 e. The van der Waals surface area contributed by atoms with Crippen molar-refractivity contribution in [1.82, 2.24) is 10.1 Å². The molecule has 8 heteroatoms. The molecule has 0 radical (unpaired) electrons. The van der Waals surface area contributed by atoms with Crippen molar-refractivity contribution in [3.8, 4) is 0 Å². The second kappa shape index (κ2) is 4.93. The molecule has 2 aromatic rings. The first-order chi connectivity index (χ1) is 8.20. The summed E-state index contributed by atoms with van der Waals surface area (Å²) in [5.41, 5.74) is 2.64. The molecule has 4 N–H and O–H groups in total. The van der Waals surface area contributed by atoms with E-state index in [4.69, 9.17) is 5.84 Å². The molecule has 0 aliphatic rings. The number of carbonyl (C=O) groups excluding carboxylic acids is 1. The molecule has 0 spiro atoms. The molecule has 17 heavy (non-hydrogen) atoms. The number of pyridine rings is 1. The van der Waals surface area contributed by atoms with Crippen molar-refractivity contribution in [3.63, 3.8) is 0 Å². The van der Waals surface area contributed by atoms with E-state index in [0.717, 1.165) is 0 Å². The van der Waals surface area contributed by atoms with Gasteiger partial charge in [0.2, 0.25) is 0 Å². The van der Waals surface area contributed by atoms with Gasteiger partial charge in [-0.1, -0.05) is 5.16 Å². The lowest BCUT2D eigenvalue weighted by Crippen LogP contribution is -2.18. The fourth-order valence-corrected chi connectivity index (χ4v) is 1.52. The summed E-state index contributed by atoms with van der Waals surface area (Å²) in [4.78, 5) is 15.9. The van der Waals surface area contributed by atoms with Crippen LogP contribution in [0.15, 0.2) is 33.6 Å². The second-order valence-corrected chi connectivity index (χ2v) is 3.95. The monoisotopic (exact) mass is 297 g/mol. The minimum Gasteiger partial charge on any atom is -0.363 e. The number of anilines is 2. The van der Waals surface area contributed by atoms with Gasteiger partial charge >= 0.3 is 0 Å². The number of aromatic nitrogens is 2. The van der Waals surface area contributed by atoms with Crippen LogP contribution in [-0.2, 0) is 0 Å². The largest absolute Gasteiger partial charge is 0.363 e. The predicted molar refractivity (Wildman–Crippen MR) is 64.2 cm³/mol.